The Balaban J connectivity index is 1.78. The van der Waals surface area contributed by atoms with Crippen LogP contribution in [0.4, 0.5) is 0 Å². The average molecular weight is 268 g/mol. The van der Waals surface area contributed by atoms with Gasteiger partial charge in [-0.1, -0.05) is 6.92 Å². The normalized spacial score (nSPS) is 23.1. The predicted molar refractivity (Wildman–Crippen MR) is 72.3 cm³/mol. The van der Waals surface area contributed by atoms with Crippen LogP contribution in [-0.4, -0.2) is 44.5 Å². The lowest BCUT2D eigenvalue weighted by molar-refractivity contribution is 0.0971. The van der Waals surface area contributed by atoms with Crippen molar-refractivity contribution in [2.75, 3.05) is 33.4 Å². The van der Waals surface area contributed by atoms with Gasteiger partial charge in [0.2, 0.25) is 0 Å². The molecule has 5 heteroatoms. The van der Waals surface area contributed by atoms with Crippen LogP contribution in [0.25, 0.3) is 0 Å². The van der Waals surface area contributed by atoms with E-state index in [1.165, 1.54) is 0 Å². The van der Waals surface area contributed by atoms with Gasteiger partial charge in [0, 0.05) is 39.1 Å². The molecule has 108 valence electrons. The van der Waals surface area contributed by atoms with Crippen molar-refractivity contribution in [3.05, 3.63) is 17.8 Å². The number of nitrogens with one attached hydrogen (secondary N) is 1. The highest BCUT2D eigenvalue weighted by molar-refractivity contribution is 5.06. The molecule has 1 fully saturated rings. The van der Waals surface area contributed by atoms with Crippen LogP contribution in [0.3, 0.4) is 0 Å². The van der Waals surface area contributed by atoms with Crippen LogP contribution in [0.1, 0.15) is 37.3 Å². The number of ether oxygens (including phenoxy) is 2. The van der Waals surface area contributed by atoms with Gasteiger partial charge in [0.15, 0.2) is 5.89 Å². The number of hydrogen-bond donors (Lipinski definition) is 1. The quantitative estimate of drug-likeness (QED) is 0.728. The van der Waals surface area contributed by atoms with Crippen molar-refractivity contribution in [3.8, 4) is 0 Å². The van der Waals surface area contributed by atoms with Gasteiger partial charge in [-0.15, -0.1) is 0 Å². The van der Waals surface area contributed by atoms with E-state index in [4.69, 9.17) is 13.9 Å². The summed E-state index contributed by atoms with van der Waals surface area (Å²) in [6.07, 6.45) is 5.04. The molecule has 1 aromatic heterocycles. The molecule has 0 bridgehead atoms. The van der Waals surface area contributed by atoms with E-state index in [0.29, 0.717) is 12.0 Å². The first-order valence-electron chi connectivity index (χ1n) is 7.11. The van der Waals surface area contributed by atoms with Crippen molar-refractivity contribution in [2.45, 2.75) is 38.2 Å². The zero-order valence-corrected chi connectivity index (χ0v) is 11.9. The Hall–Kier alpha value is -0.910. The van der Waals surface area contributed by atoms with E-state index in [0.717, 1.165) is 57.2 Å². The van der Waals surface area contributed by atoms with Crippen molar-refractivity contribution in [1.29, 1.82) is 0 Å². The third-order valence-corrected chi connectivity index (χ3v) is 3.55. The van der Waals surface area contributed by atoms with Crippen molar-refractivity contribution in [3.63, 3.8) is 0 Å². The summed E-state index contributed by atoms with van der Waals surface area (Å²) in [5, 5.41) is 3.28. The number of hydrogen-bond acceptors (Lipinski definition) is 5. The molecule has 1 saturated heterocycles. The molecule has 0 saturated carbocycles. The molecule has 0 radical (unpaired) electrons. The second-order valence-electron chi connectivity index (χ2n) is 4.86. The monoisotopic (exact) mass is 268 g/mol. The molecule has 0 spiro atoms. The smallest absolute Gasteiger partial charge is 0.195 e. The van der Waals surface area contributed by atoms with Crippen molar-refractivity contribution in [1.82, 2.24) is 10.3 Å². The van der Waals surface area contributed by atoms with Crippen LogP contribution in [-0.2, 0) is 15.9 Å². The molecular weight excluding hydrogens is 244 g/mol. The Morgan fingerprint density at radius 1 is 1.47 bits per heavy atom. The summed E-state index contributed by atoms with van der Waals surface area (Å²) in [5.74, 6) is 2.17. The minimum absolute atomic E-state index is 0.292. The molecule has 19 heavy (non-hydrogen) atoms. The Kier molecular flexibility index (Phi) is 5.82. The van der Waals surface area contributed by atoms with Crippen molar-refractivity contribution < 1.29 is 13.9 Å². The fraction of sp³-hybridized carbons (Fsp3) is 0.786. The summed E-state index contributed by atoms with van der Waals surface area (Å²) < 4.78 is 16.5. The number of nitrogens with zero attached hydrogens (tertiary/aromatic N) is 1. The summed E-state index contributed by atoms with van der Waals surface area (Å²) >= 11 is 0. The van der Waals surface area contributed by atoms with Gasteiger partial charge >= 0.3 is 0 Å². The molecule has 2 heterocycles. The Bertz CT molecular complexity index is 367. The van der Waals surface area contributed by atoms with Crippen LogP contribution in [0.2, 0.25) is 0 Å². The minimum Gasteiger partial charge on any atom is -0.445 e. The molecule has 1 aromatic rings. The second-order valence-corrected chi connectivity index (χ2v) is 4.86. The summed E-state index contributed by atoms with van der Waals surface area (Å²) in [4.78, 5) is 4.35. The van der Waals surface area contributed by atoms with Gasteiger partial charge < -0.3 is 19.2 Å². The fourth-order valence-electron chi connectivity index (χ4n) is 2.48. The van der Waals surface area contributed by atoms with Gasteiger partial charge in [0.1, 0.15) is 5.76 Å². The number of aromatic nitrogens is 1. The van der Waals surface area contributed by atoms with E-state index in [-0.39, 0.29) is 0 Å². The van der Waals surface area contributed by atoms with E-state index < -0.39 is 0 Å². The lowest BCUT2D eigenvalue weighted by atomic mass is 9.97. The SMILES string of the molecule is CCC1OCCC1c1cnc(CCNCCOC)o1. The molecule has 0 amide bonds. The summed E-state index contributed by atoms with van der Waals surface area (Å²) in [6.45, 7) is 5.44. The van der Waals surface area contributed by atoms with E-state index in [2.05, 4.69) is 17.2 Å². The van der Waals surface area contributed by atoms with Crippen molar-refractivity contribution >= 4 is 0 Å². The Labute approximate surface area is 114 Å². The van der Waals surface area contributed by atoms with Crippen molar-refractivity contribution in [2.24, 2.45) is 0 Å². The van der Waals surface area contributed by atoms with Gasteiger partial charge in [-0.05, 0) is 12.8 Å². The van der Waals surface area contributed by atoms with E-state index in [1.807, 2.05) is 6.20 Å². The molecule has 1 aliphatic heterocycles. The maximum atomic E-state index is 5.84. The third-order valence-electron chi connectivity index (χ3n) is 3.55. The zero-order valence-electron chi connectivity index (χ0n) is 11.9. The Morgan fingerprint density at radius 2 is 2.37 bits per heavy atom. The van der Waals surface area contributed by atoms with E-state index >= 15 is 0 Å². The largest absolute Gasteiger partial charge is 0.445 e. The number of rotatable bonds is 8. The molecular formula is C14H24N2O3. The number of methoxy groups -OCH3 is 1. The third kappa shape index (κ3) is 4.03. The molecule has 2 unspecified atom stereocenters. The van der Waals surface area contributed by atoms with Gasteiger partial charge in [0.05, 0.1) is 18.9 Å². The molecule has 5 nitrogen and oxygen atoms in total. The lowest BCUT2D eigenvalue weighted by Crippen LogP contribution is -2.21. The molecule has 2 atom stereocenters. The van der Waals surface area contributed by atoms with E-state index in [9.17, 15) is 0 Å². The second kappa shape index (κ2) is 7.62. The van der Waals surface area contributed by atoms with Gasteiger partial charge in [-0.25, -0.2) is 4.98 Å². The zero-order chi connectivity index (χ0) is 13.5. The maximum absolute atomic E-state index is 5.84. The highest BCUT2D eigenvalue weighted by atomic mass is 16.5. The van der Waals surface area contributed by atoms with Gasteiger partial charge in [0.25, 0.3) is 0 Å². The first-order chi connectivity index (χ1) is 9.35. The lowest BCUT2D eigenvalue weighted by Gasteiger charge is -2.13. The van der Waals surface area contributed by atoms with Crippen LogP contribution in [0, 0.1) is 0 Å². The maximum Gasteiger partial charge on any atom is 0.195 e. The first kappa shape index (κ1) is 14.5. The number of oxazole rings is 1. The molecule has 1 N–H and O–H groups in total. The molecule has 0 aliphatic carbocycles. The summed E-state index contributed by atoms with van der Waals surface area (Å²) in [7, 11) is 1.70. The minimum atomic E-state index is 0.292. The van der Waals surface area contributed by atoms with E-state index in [1.54, 1.807) is 7.11 Å². The first-order valence-corrected chi connectivity index (χ1v) is 7.11. The average Bonchev–Trinajstić information content (AvgIpc) is 3.06. The standard InChI is InChI=1S/C14H24N2O3/c1-3-12-11(5-8-18-12)13-10-16-14(19-13)4-6-15-7-9-17-2/h10-12,15H,3-9H2,1-2H3. The molecule has 2 rings (SSSR count). The topological polar surface area (TPSA) is 56.5 Å². The van der Waals surface area contributed by atoms with Crippen LogP contribution in [0.5, 0.6) is 0 Å². The summed E-state index contributed by atoms with van der Waals surface area (Å²) in [5.41, 5.74) is 0. The van der Waals surface area contributed by atoms with Crippen LogP contribution >= 0.6 is 0 Å². The molecule has 0 aromatic carbocycles. The van der Waals surface area contributed by atoms with Crippen LogP contribution in [0.15, 0.2) is 10.6 Å². The van der Waals surface area contributed by atoms with Gasteiger partial charge in [-0.3, -0.25) is 0 Å². The summed E-state index contributed by atoms with van der Waals surface area (Å²) in [6, 6.07) is 0. The Morgan fingerprint density at radius 3 is 3.16 bits per heavy atom. The van der Waals surface area contributed by atoms with Crippen LogP contribution < -0.4 is 5.32 Å². The predicted octanol–water partition coefficient (Wildman–Crippen LogP) is 1.74. The molecule has 1 aliphatic rings. The van der Waals surface area contributed by atoms with Gasteiger partial charge in [-0.2, -0.15) is 0 Å². The highest BCUT2D eigenvalue weighted by Gasteiger charge is 2.30. The highest BCUT2D eigenvalue weighted by Crippen LogP contribution is 2.33. The fourth-order valence-corrected chi connectivity index (χ4v) is 2.48.